The van der Waals surface area contributed by atoms with Gasteiger partial charge in [-0.25, -0.2) is 13.8 Å². The number of nitrogens with zero attached hydrogens (tertiary/aromatic N) is 5. The van der Waals surface area contributed by atoms with E-state index in [-0.39, 0.29) is 11.6 Å². The first kappa shape index (κ1) is 23.6. The third-order valence-electron chi connectivity index (χ3n) is 4.66. The molecule has 0 spiro atoms. The van der Waals surface area contributed by atoms with Crippen molar-refractivity contribution in [1.82, 2.24) is 15.5 Å². The number of halogens is 2. The van der Waals surface area contributed by atoms with Crippen molar-refractivity contribution in [3.63, 3.8) is 0 Å². The lowest BCUT2D eigenvalue weighted by atomic mass is 10.2. The van der Waals surface area contributed by atoms with Crippen LogP contribution in [0.3, 0.4) is 0 Å². The zero-order valence-corrected chi connectivity index (χ0v) is 18.3. The van der Waals surface area contributed by atoms with Gasteiger partial charge in [-0.15, -0.1) is 0 Å². The van der Waals surface area contributed by atoms with Gasteiger partial charge in [0.05, 0.1) is 23.9 Å². The van der Waals surface area contributed by atoms with Gasteiger partial charge in [0.25, 0.3) is 6.20 Å². The van der Waals surface area contributed by atoms with Crippen LogP contribution in [0.5, 0.6) is 0 Å². The molecule has 10 nitrogen and oxygen atoms in total. The van der Waals surface area contributed by atoms with Gasteiger partial charge in [-0.3, -0.25) is 14.1 Å². The number of aliphatic imine (C=N–C) groups is 1. The summed E-state index contributed by atoms with van der Waals surface area (Å²) in [4.78, 5) is 31.2. The molecule has 1 aliphatic heterocycles. The van der Waals surface area contributed by atoms with E-state index < -0.39 is 40.2 Å². The molecular formula is C19H22F2N6O4S. The minimum Gasteiger partial charge on any atom is -0.860 e. The van der Waals surface area contributed by atoms with E-state index in [2.05, 4.69) is 20.5 Å². The third kappa shape index (κ3) is 6.01. The van der Waals surface area contributed by atoms with Crippen LogP contribution in [0.15, 0.2) is 33.9 Å². The lowest BCUT2D eigenvalue weighted by molar-refractivity contribution is -0.759. The topological polar surface area (TPSA) is 118 Å². The van der Waals surface area contributed by atoms with Crippen LogP contribution in [0.1, 0.15) is 17.3 Å². The SMILES string of the molecule is CC(=O)N[C@@H](CSC(=O)c1c(F)cccc1F)C([O-])=Nc1c[n+](N2CCN(C)CC2)no1. The molecule has 1 amide bonds. The molecule has 1 saturated heterocycles. The predicted octanol–water partition coefficient (Wildman–Crippen LogP) is -0.408. The smallest absolute Gasteiger partial charge is 0.324 e. The van der Waals surface area contributed by atoms with Gasteiger partial charge in [0.15, 0.2) is 0 Å². The molecule has 1 atom stereocenters. The lowest BCUT2D eigenvalue weighted by Crippen LogP contribution is -2.64. The summed E-state index contributed by atoms with van der Waals surface area (Å²) < 4.78 is 32.7. The first-order chi connectivity index (χ1) is 15.2. The van der Waals surface area contributed by atoms with Gasteiger partial charge in [-0.05, 0) is 25.1 Å². The summed E-state index contributed by atoms with van der Waals surface area (Å²) >= 11 is 0.496. The normalized spacial score (nSPS) is 16.1. The number of aromatic nitrogens is 2. The van der Waals surface area contributed by atoms with Gasteiger partial charge >= 0.3 is 5.88 Å². The fourth-order valence-electron chi connectivity index (χ4n) is 2.94. The summed E-state index contributed by atoms with van der Waals surface area (Å²) in [6, 6.07) is 1.85. The number of likely N-dealkylation sites (N-methyl/N-ethyl adjacent to an activating group) is 1. The first-order valence-corrected chi connectivity index (χ1v) is 10.7. The van der Waals surface area contributed by atoms with Crippen molar-refractivity contribution in [1.29, 1.82) is 0 Å². The number of piperazine rings is 1. The first-order valence-electron chi connectivity index (χ1n) is 9.71. The van der Waals surface area contributed by atoms with Gasteiger partial charge in [0.2, 0.25) is 16.3 Å². The Kier molecular flexibility index (Phi) is 7.75. The lowest BCUT2D eigenvalue weighted by Gasteiger charge is -2.26. The van der Waals surface area contributed by atoms with Gasteiger partial charge < -0.3 is 15.3 Å². The van der Waals surface area contributed by atoms with Crippen LogP contribution < -0.4 is 20.2 Å². The molecule has 1 aromatic heterocycles. The van der Waals surface area contributed by atoms with Gasteiger partial charge in [0, 0.05) is 25.8 Å². The molecule has 2 heterocycles. The maximum atomic E-state index is 13.8. The molecule has 1 aromatic carbocycles. The molecule has 0 saturated carbocycles. The second-order valence-electron chi connectivity index (χ2n) is 7.12. The molecule has 1 aliphatic rings. The fraction of sp³-hybridized carbons (Fsp3) is 0.421. The molecule has 13 heteroatoms. The molecule has 3 rings (SSSR count). The van der Waals surface area contributed by atoms with Crippen LogP contribution >= 0.6 is 11.8 Å². The Morgan fingerprint density at radius 1 is 1.31 bits per heavy atom. The maximum Gasteiger partial charge on any atom is 0.324 e. The average Bonchev–Trinajstić information content (AvgIpc) is 3.19. The second kappa shape index (κ2) is 10.5. The van der Waals surface area contributed by atoms with E-state index in [1.165, 1.54) is 17.9 Å². The van der Waals surface area contributed by atoms with E-state index in [0.717, 1.165) is 31.3 Å². The third-order valence-corrected chi connectivity index (χ3v) is 5.62. The minimum atomic E-state index is -1.21. The predicted molar refractivity (Wildman–Crippen MR) is 110 cm³/mol. The van der Waals surface area contributed by atoms with Crippen molar-refractivity contribution in [2.45, 2.75) is 13.0 Å². The highest BCUT2D eigenvalue weighted by Gasteiger charge is 2.25. The summed E-state index contributed by atoms with van der Waals surface area (Å²) in [5.74, 6) is -3.71. The van der Waals surface area contributed by atoms with Crippen LogP contribution in [0, 0.1) is 11.6 Å². The number of carbonyl (C=O) groups is 2. The molecule has 0 unspecified atom stereocenters. The van der Waals surface area contributed by atoms with E-state index in [4.69, 9.17) is 4.52 Å². The Balaban J connectivity index is 1.69. The van der Waals surface area contributed by atoms with E-state index in [1.54, 1.807) is 0 Å². The molecule has 0 bridgehead atoms. The molecule has 1 N–H and O–H groups in total. The van der Waals surface area contributed by atoms with Crippen molar-refractivity contribution in [3.05, 3.63) is 41.6 Å². The van der Waals surface area contributed by atoms with E-state index >= 15 is 0 Å². The largest absolute Gasteiger partial charge is 0.860 e. The molecular weight excluding hydrogens is 446 g/mol. The van der Waals surface area contributed by atoms with E-state index in [0.29, 0.717) is 24.9 Å². The van der Waals surface area contributed by atoms with Crippen LogP contribution in [-0.4, -0.2) is 72.1 Å². The Morgan fingerprint density at radius 3 is 2.59 bits per heavy atom. The Labute approximate surface area is 186 Å². The maximum absolute atomic E-state index is 13.8. The average molecular weight is 468 g/mol. The monoisotopic (exact) mass is 468 g/mol. The highest BCUT2D eigenvalue weighted by Crippen LogP contribution is 2.20. The Bertz CT molecular complexity index is 989. The molecule has 2 aromatic rings. The number of hydrogen-bond acceptors (Lipinski definition) is 9. The number of carbonyl (C=O) groups excluding carboxylic acids is 2. The van der Waals surface area contributed by atoms with E-state index in [9.17, 15) is 23.5 Å². The molecule has 172 valence electrons. The Morgan fingerprint density at radius 2 is 1.97 bits per heavy atom. The van der Waals surface area contributed by atoms with Crippen molar-refractivity contribution in [2.24, 2.45) is 4.99 Å². The summed E-state index contributed by atoms with van der Waals surface area (Å²) in [7, 11) is 2.01. The molecule has 0 aliphatic carbocycles. The highest BCUT2D eigenvalue weighted by atomic mass is 32.2. The van der Waals surface area contributed by atoms with Crippen molar-refractivity contribution in [2.75, 3.05) is 44.0 Å². The van der Waals surface area contributed by atoms with Gasteiger partial charge in [-0.1, -0.05) is 17.8 Å². The summed E-state index contributed by atoms with van der Waals surface area (Å²) in [6.07, 6.45) is 1.43. The fourth-order valence-corrected chi connectivity index (χ4v) is 3.83. The van der Waals surface area contributed by atoms with E-state index in [1.807, 2.05) is 12.1 Å². The standard InChI is InChI=1S/C19H22F2N6O4S/c1-12(28)22-15(11-32-19(30)17-13(20)4-3-5-14(17)21)18(29)23-16-10-27(24-31-16)26-8-6-25(2)7-9-26/h3-5,10,15H,6-9,11H2,1-2H3,(H-,22,23,24,28,29)/t15-/m0/s1. The number of thioether (sulfide) groups is 1. The highest BCUT2D eigenvalue weighted by molar-refractivity contribution is 8.14. The second-order valence-corrected chi connectivity index (χ2v) is 8.11. The van der Waals surface area contributed by atoms with Crippen molar-refractivity contribution in [3.8, 4) is 0 Å². The molecule has 32 heavy (non-hydrogen) atoms. The van der Waals surface area contributed by atoms with Crippen molar-refractivity contribution < 1.29 is 32.8 Å². The Hall–Kier alpha value is -3.06. The number of nitrogens with one attached hydrogen (secondary N) is 1. The summed E-state index contributed by atoms with van der Waals surface area (Å²) in [5.41, 5.74) is -0.716. The quantitative estimate of drug-likeness (QED) is 0.331. The van der Waals surface area contributed by atoms with Crippen LogP contribution in [0.2, 0.25) is 0 Å². The van der Waals surface area contributed by atoms with Gasteiger partial charge in [0.1, 0.15) is 17.2 Å². The minimum absolute atomic E-state index is 0.0826. The molecule has 0 radical (unpaired) electrons. The van der Waals surface area contributed by atoms with Gasteiger partial charge in [-0.2, -0.15) is 5.01 Å². The summed E-state index contributed by atoms with van der Waals surface area (Å²) in [6.45, 7) is 4.29. The number of hydrogen-bond donors (Lipinski definition) is 1. The van der Waals surface area contributed by atoms with Crippen LogP contribution in [0.4, 0.5) is 14.7 Å². The molecule has 1 fully saturated rings. The number of rotatable bonds is 7. The van der Waals surface area contributed by atoms with Crippen molar-refractivity contribution >= 4 is 34.6 Å². The zero-order valence-electron chi connectivity index (χ0n) is 17.5. The summed E-state index contributed by atoms with van der Waals surface area (Å²) in [5, 5.41) is 19.8. The zero-order chi connectivity index (χ0) is 23.3. The number of amides is 1. The number of benzene rings is 1. The van der Waals surface area contributed by atoms with Crippen LogP contribution in [0.25, 0.3) is 0 Å². The van der Waals surface area contributed by atoms with Crippen LogP contribution in [-0.2, 0) is 4.79 Å².